The van der Waals surface area contributed by atoms with Crippen LogP contribution < -0.4 is 0 Å². The number of nitrogens with zero attached hydrogens (tertiary/aromatic N) is 6. The van der Waals surface area contributed by atoms with Crippen LogP contribution >= 0.6 is 50.5 Å². The van der Waals surface area contributed by atoms with E-state index in [0.29, 0.717) is 45.9 Å². The summed E-state index contributed by atoms with van der Waals surface area (Å²) in [4.78, 5) is 39.9. The molecule has 44 heavy (non-hydrogen) atoms. The second kappa shape index (κ2) is 9.57. The van der Waals surface area contributed by atoms with Gasteiger partial charge in [0.15, 0.2) is 23.3 Å². The van der Waals surface area contributed by atoms with Crippen molar-refractivity contribution in [3.63, 3.8) is 0 Å². The Balaban J connectivity index is 1.52. The van der Waals surface area contributed by atoms with Crippen molar-refractivity contribution in [2.45, 2.75) is 19.6 Å². The van der Waals surface area contributed by atoms with E-state index >= 15 is 0 Å². The second-order valence-corrected chi connectivity index (χ2v) is 12.5. The Morgan fingerprint density at radius 2 is 1.05 bits per heavy atom. The molecule has 0 spiro atoms. The van der Waals surface area contributed by atoms with Crippen LogP contribution in [0.15, 0.2) is 92.4 Å². The zero-order valence-electron chi connectivity index (χ0n) is 22.4. The van der Waals surface area contributed by atoms with E-state index in [1.54, 1.807) is 0 Å². The predicted molar refractivity (Wildman–Crippen MR) is 185 cm³/mol. The maximum absolute atomic E-state index is 5.04. The average Bonchev–Trinajstić information content (AvgIpc) is 3.73. The zero-order valence-corrected chi connectivity index (χ0v) is 26.0. The highest BCUT2D eigenvalue weighted by atomic mass is 32.1. The Hall–Kier alpha value is -4.36. The summed E-state index contributed by atoms with van der Waals surface area (Å²) >= 11 is 18.8. The molecule has 0 amide bonds. The lowest BCUT2D eigenvalue weighted by Gasteiger charge is -2.01. The Morgan fingerprint density at radius 1 is 0.432 bits per heavy atom. The van der Waals surface area contributed by atoms with Crippen molar-refractivity contribution < 1.29 is 0 Å². The fraction of sp³-hybridized carbons (Fsp3) is 0. The van der Waals surface area contributed by atoms with Gasteiger partial charge in [-0.05, 0) is 48.5 Å². The summed E-state index contributed by atoms with van der Waals surface area (Å²) < 4.78 is 0. The number of hydrogen-bond donors (Lipinski definition) is 6. The molecule has 8 bridgehead atoms. The molecular formula is C32H18N8S4. The summed E-state index contributed by atoms with van der Waals surface area (Å²) in [5.41, 5.74) is 5.68. The molecule has 2 aliphatic rings. The molecule has 2 N–H and O–H groups in total. The average molecular weight is 643 g/mol. The van der Waals surface area contributed by atoms with Gasteiger partial charge in [-0.1, -0.05) is 24.3 Å². The van der Waals surface area contributed by atoms with E-state index in [-0.39, 0.29) is 0 Å². The van der Waals surface area contributed by atoms with Gasteiger partial charge in [-0.2, -0.15) is 0 Å². The van der Waals surface area contributed by atoms with E-state index in [0.717, 1.165) is 63.4 Å². The lowest BCUT2D eigenvalue weighted by molar-refractivity contribution is 1.19. The Morgan fingerprint density at radius 3 is 1.93 bits per heavy atom. The monoisotopic (exact) mass is 642 g/mol. The van der Waals surface area contributed by atoms with Gasteiger partial charge in [0.05, 0.1) is 0 Å². The molecule has 0 radical (unpaired) electrons. The van der Waals surface area contributed by atoms with Crippen LogP contribution in [0.1, 0.15) is 0 Å². The summed E-state index contributed by atoms with van der Waals surface area (Å²) in [6, 6.07) is 23.4. The largest absolute Gasteiger partial charge is 0.324 e. The van der Waals surface area contributed by atoms with Gasteiger partial charge in [-0.25, -0.2) is 29.9 Å². The molecule has 0 saturated heterocycles. The normalized spacial score (nSPS) is 12.1. The van der Waals surface area contributed by atoms with E-state index in [9.17, 15) is 0 Å². The molecule has 0 fully saturated rings. The summed E-state index contributed by atoms with van der Waals surface area (Å²) in [7, 11) is 0. The van der Waals surface area contributed by atoms with E-state index in [1.807, 2.05) is 72.8 Å². The topological polar surface area (TPSA) is 109 Å². The number of thiol groups is 4. The van der Waals surface area contributed by atoms with Crippen molar-refractivity contribution in [2.24, 2.45) is 0 Å². The van der Waals surface area contributed by atoms with Crippen LogP contribution in [0.4, 0.5) is 0 Å². The highest BCUT2D eigenvalue weighted by Gasteiger charge is 2.24. The first-order valence-corrected chi connectivity index (χ1v) is 15.3. The quantitative estimate of drug-likeness (QED) is 0.0936. The van der Waals surface area contributed by atoms with Crippen LogP contribution in [0, 0.1) is 0 Å². The van der Waals surface area contributed by atoms with Gasteiger partial charge in [0, 0.05) is 63.4 Å². The summed E-state index contributed by atoms with van der Waals surface area (Å²) in [5.74, 6) is 2.03. The summed E-state index contributed by atoms with van der Waals surface area (Å²) in [6.45, 7) is 0. The summed E-state index contributed by atoms with van der Waals surface area (Å²) in [5, 5.41) is 3.41. The van der Waals surface area contributed by atoms with Crippen LogP contribution in [0.2, 0.25) is 0 Å². The van der Waals surface area contributed by atoms with Crippen LogP contribution in [0.25, 0.3) is 89.7 Å². The highest BCUT2D eigenvalue weighted by molar-refractivity contribution is 7.81. The first-order valence-electron chi connectivity index (χ1n) is 13.5. The van der Waals surface area contributed by atoms with Gasteiger partial charge in [0.25, 0.3) is 0 Å². The standard InChI is InChI=1S/C32H18N8S4/c41-13-7-9-15-19(11-13)29-33-25(15)37-31-23-17(3-1-5-21(23)43)27(39-31)35-28-18-4-2-6-22(44)24(18)32(40-28)38-26-16-10-8-14(42)12-20(16)30(34-26)36-29/h1-12,41-44H,(H2,33,34,35,36,37,38,39,40). The van der Waals surface area contributed by atoms with Gasteiger partial charge >= 0.3 is 0 Å². The van der Waals surface area contributed by atoms with Gasteiger partial charge in [-0.15, -0.1) is 50.5 Å². The number of aromatic nitrogens is 8. The minimum absolute atomic E-state index is 0.496. The maximum atomic E-state index is 5.04. The molecule has 2 aliphatic heterocycles. The van der Waals surface area contributed by atoms with Crippen molar-refractivity contribution in [1.29, 1.82) is 0 Å². The van der Waals surface area contributed by atoms with Crippen LogP contribution in [-0.2, 0) is 0 Å². The Labute approximate surface area is 271 Å². The van der Waals surface area contributed by atoms with Crippen molar-refractivity contribution in [3.05, 3.63) is 72.8 Å². The zero-order chi connectivity index (χ0) is 29.7. The van der Waals surface area contributed by atoms with Gasteiger partial charge < -0.3 is 9.97 Å². The first-order chi connectivity index (χ1) is 21.4. The fourth-order valence-corrected chi connectivity index (χ4v) is 6.86. The van der Waals surface area contributed by atoms with Crippen molar-refractivity contribution in [1.82, 2.24) is 39.9 Å². The lowest BCUT2D eigenvalue weighted by Crippen LogP contribution is -1.84. The minimum Gasteiger partial charge on any atom is -0.324 e. The van der Waals surface area contributed by atoms with Crippen LogP contribution in [0.3, 0.4) is 0 Å². The number of nitrogens with one attached hydrogen (secondary N) is 2. The Bertz CT molecular complexity index is 2570. The van der Waals surface area contributed by atoms with Crippen LogP contribution in [0.5, 0.6) is 0 Å². The number of aromatic amines is 2. The smallest absolute Gasteiger partial charge is 0.165 e. The van der Waals surface area contributed by atoms with Crippen molar-refractivity contribution in [2.75, 3.05) is 0 Å². The molecular weight excluding hydrogens is 625 g/mol. The molecule has 0 unspecified atom stereocenters. The number of rotatable bonds is 0. The molecule has 9 rings (SSSR count). The summed E-state index contributed by atoms with van der Waals surface area (Å²) in [6.07, 6.45) is 0. The number of H-pyrrole nitrogens is 2. The number of hydrogen-bond acceptors (Lipinski definition) is 10. The van der Waals surface area contributed by atoms with Gasteiger partial charge in [-0.3, -0.25) is 0 Å². The maximum Gasteiger partial charge on any atom is 0.165 e. The molecule has 210 valence electrons. The third kappa shape index (κ3) is 3.91. The molecule has 4 aromatic carbocycles. The minimum atomic E-state index is 0.496. The lowest BCUT2D eigenvalue weighted by atomic mass is 10.1. The van der Waals surface area contributed by atoms with Gasteiger partial charge in [0.1, 0.15) is 22.6 Å². The van der Waals surface area contributed by atoms with E-state index < -0.39 is 0 Å². The van der Waals surface area contributed by atoms with Crippen LogP contribution in [-0.4, -0.2) is 39.9 Å². The van der Waals surface area contributed by atoms with E-state index in [1.165, 1.54) is 0 Å². The molecule has 0 atom stereocenters. The van der Waals surface area contributed by atoms with Gasteiger partial charge in [0.2, 0.25) is 0 Å². The third-order valence-electron chi connectivity index (χ3n) is 7.81. The number of fused-ring (bicyclic) bond motifs is 20. The van der Waals surface area contributed by atoms with Crippen molar-refractivity contribution >= 4 is 94.6 Å². The van der Waals surface area contributed by atoms with E-state index in [2.05, 4.69) is 35.2 Å². The molecule has 0 aliphatic carbocycles. The predicted octanol–water partition coefficient (Wildman–Crippen LogP) is 8.02. The molecule has 5 heterocycles. The third-order valence-corrected chi connectivity index (χ3v) is 9.11. The molecule has 8 nitrogen and oxygen atoms in total. The first kappa shape index (κ1) is 26.1. The highest BCUT2D eigenvalue weighted by Crippen LogP contribution is 2.40. The number of benzene rings is 4. The molecule has 0 saturated carbocycles. The molecule has 3 aromatic heterocycles. The fourth-order valence-electron chi connectivity index (χ4n) is 5.83. The SMILES string of the molecule is Sc1ccc2c(c1)-c1nc-2nc2[nH]c(nc3nc(nc4[nH]c(n1)c1cc(S)ccc41)-c1c(S)cccc1-3)c1cccc(S)c21. The molecule has 12 heteroatoms. The Kier molecular flexibility index (Phi) is 5.67. The van der Waals surface area contributed by atoms with E-state index in [4.69, 9.17) is 55.2 Å². The van der Waals surface area contributed by atoms with Crippen molar-refractivity contribution in [3.8, 4) is 45.6 Å². The molecule has 7 aromatic rings. The second-order valence-electron chi connectivity index (χ2n) is 10.5.